The van der Waals surface area contributed by atoms with Gasteiger partial charge < -0.3 is 36.1 Å². The highest BCUT2D eigenvalue weighted by atomic mass is 35.5. The maximum Gasteiger partial charge on any atom is 0.408 e. The molecule has 33 heavy (non-hydrogen) atoms. The van der Waals surface area contributed by atoms with E-state index in [1.54, 1.807) is 20.8 Å². The summed E-state index contributed by atoms with van der Waals surface area (Å²) < 4.78 is 15.4. The predicted molar refractivity (Wildman–Crippen MR) is 130 cm³/mol. The zero-order valence-corrected chi connectivity index (χ0v) is 22.3. The topological polar surface area (TPSA) is 194 Å². The number of carbonyl (C=O) groups is 1. The second-order valence-corrected chi connectivity index (χ2v) is 10.2. The Bertz CT molecular complexity index is 853. The lowest BCUT2D eigenvalue weighted by Crippen LogP contribution is -2.40. The van der Waals surface area contributed by atoms with Crippen molar-refractivity contribution in [3.05, 3.63) is 11.8 Å². The normalized spacial score (nSPS) is 13.4. The lowest BCUT2D eigenvalue weighted by Gasteiger charge is -2.29. The number of amides is 1. The summed E-state index contributed by atoms with van der Waals surface area (Å²) in [5.74, 6) is 0.649. The van der Waals surface area contributed by atoms with Gasteiger partial charge in [0.05, 0.1) is 6.04 Å². The molecule has 0 aliphatic heterocycles. The van der Waals surface area contributed by atoms with Crippen molar-refractivity contribution in [1.29, 1.82) is 0 Å². The Hall–Kier alpha value is -2.31. The maximum absolute atomic E-state index is 11.8. The highest BCUT2D eigenvalue weighted by Crippen LogP contribution is 2.32. The molecule has 0 aromatic carbocycles. The Balaban J connectivity index is 0. The molecule has 2 atom stereocenters. The van der Waals surface area contributed by atoms with Crippen LogP contribution in [0.2, 0.25) is 0 Å². The van der Waals surface area contributed by atoms with Gasteiger partial charge in [-0.25, -0.2) is 4.79 Å². The lowest BCUT2D eigenvalue weighted by molar-refractivity contribution is 0.0447. The third-order valence-electron chi connectivity index (χ3n) is 3.89. The molecule has 14 heteroatoms. The van der Waals surface area contributed by atoms with Crippen LogP contribution in [0.25, 0.3) is 0 Å². The molecular formula is C19H38Cl2N8O4. The first-order valence-electron chi connectivity index (χ1n) is 9.83. The first-order valence-corrected chi connectivity index (χ1v) is 9.83. The number of ether oxygens (including phenoxy) is 1. The number of nitrogens with two attached hydrogens (primary N) is 3. The van der Waals surface area contributed by atoms with Gasteiger partial charge in [-0.3, -0.25) is 0 Å². The molecule has 0 bridgehead atoms. The number of halogens is 2. The van der Waals surface area contributed by atoms with Crippen molar-refractivity contribution in [3.8, 4) is 0 Å². The molecule has 1 amide bonds. The molecule has 0 radical (unpaired) electrons. The second-order valence-electron chi connectivity index (χ2n) is 10.2. The number of anilines is 2. The summed E-state index contributed by atoms with van der Waals surface area (Å²) in [4.78, 5) is 11.8. The van der Waals surface area contributed by atoms with Crippen LogP contribution in [0.5, 0.6) is 0 Å². The van der Waals surface area contributed by atoms with Crippen molar-refractivity contribution in [2.75, 3.05) is 11.5 Å². The zero-order chi connectivity index (χ0) is 24.2. The van der Waals surface area contributed by atoms with Gasteiger partial charge in [0.2, 0.25) is 11.8 Å². The molecule has 7 N–H and O–H groups in total. The van der Waals surface area contributed by atoms with Crippen LogP contribution in [-0.4, -0.2) is 32.1 Å². The summed E-state index contributed by atoms with van der Waals surface area (Å²) in [6.45, 7) is 17.2. The Morgan fingerprint density at radius 2 is 1.24 bits per heavy atom. The van der Waals surface area contributed by atoms with Crippen molar-refractivity contribution in [2.45, 2.75) is 80.0 Å². The van der Waals surface area contributed by atoms with Gasteiger partial charge in [0.1, 0.15) is 11.6 Å². The molecule has 192 valence electrons. The van der Waals surface area contributed by atoms with Crippen LogP contribution >= 0.6 is 24.8 Å². The van der Waals surface area contributed by atoms with Crippen LogP contribution in [0.4, 0.5) is 16.8 Å². The van der Waals surface area contributed by atoms with Gasteiger partial charge in [0, 0.05) is 0 Å². The molecule has 0 fully saturated rings. The zero-order valence-electron chi connectivity index (χ0n) is 20.6. The minimum atomic E-state index is -0.569. The molecule has 2 rings (SSSR count). The molecule has 0 unspecified atom stereocenters. The van der Waals surface area contributed by atoms with Crippen molar-refractivity contribution >= 4 is 42.9 Å². The largest absolute Gasteiger partial charge is 0.444 e. The fourth-order valence-corrected chi connectivity index (χ4v) is 2.18. The van der Waals surface area contributed by atoms with Gasteiger partial charge in [-0.15, -0.1) is 35.0 Å². The molecule has 0 aliphatic carbocycles. The molecule has 2 aromatic heterocycles. The van der Waals surface area contributed by atoms with E-state index in [4.69, 9.17) is 30.8 Å². The van der Waals surface area contributed by atoms with Gasteiger partial charge >= 0.3 is 18.1 Å². The van der Waals surface area contributed by atoms with E-state index in [-0.39, 0.29) is 59.6 Å². The molecule has 2 heterocycles. The fraction of sp³-hybridized carbons (Fsp3) is 0.737. The number of alkyl carbamates (subject to hydrolysis) is 1. The molecule has 0 saturated heterocycles. The quantitative estimate of drug-likeness (QED) is 0.466. The summed E-state index contributed by atoms with van der Waals surface area (Å²) in [6.07, 6.45) is -0.538. The van der Waals surface area contributed by atoms with Gasteiger partial charge in [0.15, 0.2) is 0 Å². The Morgan fingerprint density at radius 1 is 0.818 bits per heavy atom. The Kier molecular flexibility index (Phi) is 12.2. The SMILES string of the molecule is CC(C)(C)OC(=O)N[C@H](c1nnc(N)o1)C(C)(C)C.CC(C)(C)[C@H](N)c1nnc(N)o1.Cl.Cl. The summed E-state index contributed by atoms with van der Waals surface area (Å²) in [7, 11) is 0. The van der Waals surface area contributed by atoms with Gasteiger partial charge in [-0.2, -0.15) is 0 Å². The van der Waals surface area contributed by atoms with E-state index in [1.165, 1.54) is 0 Å². The van der Waals surface area contributed by atoms with E-state index in [0.717, 1.165) is 0 Å². The number of aromatic nitrogens is 4. The number of nitrogen functional groups attached to an aromatic ring is 2. The van der Waals surface area contributed by atoms with E-state index < -0.39 is 17.7 Å². The first-order chi connectivity index (χ1) is 13.9. The number of nitrogens with one attached hydrogen (secondary N) is 1. The highest BCUT2D eigenvalue weighted by Gasteiger charge is 2.34. The molecule has 12 nitrogen and oxygen atoms in total. The average Bonchev–Trinajstić information content (AvgIpc) is 3.17. The molecule has 0 spiro atoms. The molecule has 0 aliphatic rings. The van der Waals surface area contributed by atoms with Crippen molar-refractivity contribution < 1.29 is 18.4 Å². The lowest BCUT2D eigenvalue weighted by atomic mass is 9.87. The minimum Gasteiger partial charge on any atom is -0.444 e. The average molecular weight is 513 g/mol. The van der Waals surface area contributed by atoms with Crippen molar-refractivity contribution in [3.63, 3.8) is 0 Å². The van der Waals surface area contributed by atoms with Crippen LogP contribution in [-0.2, 0) is 4.74 Å². The van der Waals surface area contributed by atoms with E-state index in [0.29, 0.717) is 5.89 Å². The second kappa shape index (κ2) is 12.2. The summed E-state index contributed by atoms with van der Waals surface area (Å²) in [6, 6.07) is -0.727. The summed E-state index contributed by atoms with van der Waals surface area (Å²) in [5, 5.41) is 17.4. The number of hydrogen-bond acceptors (Lipinski definition) is 11. The van der Waals surface area contributed by atoms with Crippen LogP contribution in [0.15, 0.2) is 8.83 Å². The van der Waals surface area contributed by atoms with Gasteiger partial charge in [-0.05, 0) is 31.6 Å². The highest BCUT2D eigenvalue weighted by molar-refractivity contribution is 5.85. The van der Waals surface area contributed by atoms with Crippen LogP contribution in [0.1, 0.15) is 86.2 Å². The fourth-order valence-electron chi connectivity index (χ4n) is 2.18. The number of rotatable bonds is 3. The van der Waals surface area contributed by atoms with E-state index in [2.05, 4.69) is 25.7 Å². The molecule has 0 saturated carbocycles. The monoisotopic (exact) mass is 512 g/mol. The third-order valence-corrected chi connectivity index (χ3v) is 3.89. The van der Waals surface area contributed by atoms with Crippen LogP contribution in [0.3, 0.4) is 0 Å². The number of hydrogen-bond donors (Lipinski definition) is 4. The maximum atomic E-state index is 11.8. The smallest absolute Gasteiger partial charge is 0.408 e. The van der Waals surface area contributed by atoms with Gasteiger partial charge in [0.25, 0.3) is 0 Å². The van der Waals surface area contributed by atoms with Crippen molar-refractivity contribution in [1.82, 2.24) is 25.7 Å². The van der Waals surface area contributed by atoms with Gasteiger partial charge in [-0.1, -0.05) is 51.7 Å². The number of nitrogens with zero attached hydrogens (tertiary/aromatic N) is 4. The summed E-state index contributed by atoms with van der Waals surface area (Å²) >= 11 is 0. The molecular weight excluding hydrogens is 475 g/mol. The third kappa shape index (κ3) is 11.4. The van der Waals surface area contributed by atoms with E-state index in [1.807, 2.05) is 41.5 Å². The van der Waals surface area contributed by atoms with Crippen LogP contribution < -0.4 is 22.5 Å². The minimum absolute atomic E-state index is 0. The molecule has 2 aromatic rings. The standard InChI is InChI=1S/C12H22N4O3.C7H14N4O.2ClH/c1-11(2,3)7(8-15-16-9(13)18-8)14-10(17)19-12(4,5)6;1-7(2,3)4(8)5-10-11-6(9)12-5;;/h7H,1-6H3,(H2,13,16)(H,14,17);4H,8H2,1-3H3,(H2,9,11);2*1H/t7-;4-;;/m11../s1. The number of carbonyl (C=O) groups excluding carboxylic acids is 1. The summed E-state index contributed by atoms with van der Waals surface area (Å²) in [5.41, 5.74) is 15.5. The Morgan fingerprint density at radius 3 is 1.55 bits per heavy atom. The predicted octanol–water partition coefficient (Wildman–Crippen LogP) is 3.81. The van der Waals surface area contributed by atoms with E-state index >= 15 is 0 Å². The van der Waals surface area contributed by atoms with E-state index in [9.17, 15) is 4.79 Å². The Labute approximate surface area is 207 Å². The van der Waals surface area contributed by atoms with Crippen LogP contribution in [0, 0.1) is 10.8 Å². The van der Waals surface area contributed by atoms with Crippen molar-refractivity contribution in [2.24, 2.45) is 16.6 Å². The first kappa shape index (κ1) is 32.9.